The SMILES string of the molecule is Cc1ccc(N2C(=O)NC(=O)/C(=C\c3cc(C)n(-c4ccccn4)c3C)C2=O)cc1C. The Kier molecular flexibility index (Phi) is 5.02. The Hall–Kier alpha value is -4.00. The number of hydrogen-bond acceptors (Lipinski definition) is 4. The van der Waals surface area contributed by atoms with Crippen molar-refractivity contribution in [2.75, 3.05) is 4.90 Å². The Morgan fingerprint density at radius 2 is 1.71 bits per heavy atom. The summed E-state index contributed by atoms with van der Waals surface area (Å²) in [7, 11) is 0. The van der Waals surface area contributed by atoms with E-state index in [-0.39, 0.29) is 5.57 Å². The summed E-state index contributed by atoms with van der Waals surface area (Å²) in [4.78, 5) is 43.5. The lowest BCUT2D eigenvalue weighted by atomic mass is 10.1. The van der Waals surface area contributed by atoms with Gasteiger partial charge in [0.2, 0.25) is 0 Å². The zero-order chi connectivity index (χ0) is 22.3. The lowest BCUT2D eigenvalue weighted by Gasteiger charge is -2.26. The first-order chi connectivity index (χ1) is 14.8. The normalized spacial score (nSPS) is 15.5. The maximum absolute atomic E-state index is 13.2. The maximum Gasteiger partial charge on any atom is 0.335 e. The Bertz CT molecular complexity index is 1260. The van der Waals surface area contributed by atoms with Gasteiger partial charge >= 0.3 is 6.03 Å². The zero-order valence-electron chi connectivity index (χ0n) is 17.8. The van der Waals surface area contributed by atoms with Crippen LogP contribution in [0.15, 0.2) is 54.2 Å². The first-order valence-electron chi connectivity index (χ1n) is 9.87. The molecule has 0 aliphatic carbocycles. The van der Waals surface area contributed by atoms with E-state index in [0.29, 0.717) is 11.3 Å². The molecule has 1 N–H and O–H groups in total. The molecule has 4 amide bonds. The third-order valence-corrected chi connectivity index (χ3v) is 5.50. The van der Waals surface area contributed by atoms with Gasteiger partial charge in [0.1, 0.15) is 11.4 Å². The standard InChI is InChI=1S/C24H22N4O3/c1-14-8-9-19(11-15(14)2)28-23(30)20(22(29)26-24(28)31)13-18-12-16(3)27(17(18)4)21-7-5-6-10-25-21/h5-13H,1-4H3,(H,26,29,31)/b20-13+. The maximum atomic E-state index is 13.2. The number of urea groups is 1. The fourth-order valence-corrected chi connectivity index (χ4v) is 3.68. The van der Waals surface area contributed by atoms with Crippen LogP contribution < -0.4 is 10.2 Å². The molecule has 7 heteroatoms. The second-order valence-electron chi connectivity index (χ2n) is 7.58. The Balaban J connectivity index is 1.77. The molecule has 2 aromatic heterocycles. The molecule has 7 nitrogen and oxygen atoms in total. The largest absolute Gasteiger partial charge is 0.335 e. The average Bonchev–Trinajstić information content (AvgIpc) is 3.01. The van der Waals surface area contributed by atoms with Gasteiger partial charge < -0.3 is 4.57 Å². The molecule has 31 heavy (non-hydrogen) atoms. The summed E-state index contributed by atoms with van der Waals surface area (Å²) in [5.41, 5.74) is 4.76. The molecule has 1 aliphatic rings. The molecule has 1 aromatic carbocycles. The number of hydrogen-bond donors (Lipinski definition) is 1. The molecule has 1 fully saturated rings. The molecular formula is C24H22N4O3. The first kappa shape index (κ1) is 20.3. The van der Waals surface area contributed by atoms with Crippen molar-refractivity contribution in [3.8, 4) is 5.82 Å². The number of benzene rings is 1. The van der Waals surface area contributed by atoms with E-state index in [1.54, 1.807) is 18.3 Å². The number of carbonyl (C=O) groups excluding carboxylic acids is 3. The minimum atomic E-state index is -0.755. The lowest BCUT2D eigenvalue weighted by Crippen LogP contribution is -2.54. The van der Waals surface area contributed by atoms with Gasteiger partial charge in [-0.05, 0) is 80.8 Å². The monoisotopic (exact) mass is 414 g/mol. The fourth-order valence-electron chi connectivity index (χ4n) is 3.68. The van der Waals surface area contributed by atoms with Gasteiger partial charge in [0, 0.05) is 17.6 Å². The van der Waals surface area contributed by atoms with Gasteiger partial charge in [-0.15, -0.1) is 0 Å². The molecule has 0 saturated carbocycles. The van der Waals surface area contributed by atoms with E-state index in [1.807, 2.05) is 62.6 Å². The number of aryl methyl sites for hydroxylation is 3. The number of carbonyl (C=O) groups is 3. The van der Waals surface area contributed by atoms with Crippen molar-refractivity contribution >= 4 is 29.6 Å². The molecule has 4 rings (SSSR count). The number of rotatable bonds is 3. The third-order valence-electron chi connectivity index (χ3n) is 5.50. The number of nitrogens with zero attached hydrogens (tertiary/aromatic N) is 3. The lowest BCUT2D eigenvalue weighted by molar-refractivity contribution is -0.122. The van der Waals surface area contributed by atoms with Crippen molar-refractivity contribution in [1.82, 2.24) is 14.9 Å². The third kappa shape index (κ3) is 3.54. The van der Waals surface area contributed by atoms with Crippen molar-refractivity contribution in [3.63, 3.8) is 0 Å². The second-order valence-corrected chi connectivity index (χ2v) is 7.58. The van der Waals surface area contributed by atoms with Crippen molar-refractivity contribution in [2.45, 2.75) is 27.7 Å². The number of amides is 4. The summed E-state index contributed by atoms with van der Waals surface area (Å²) in [5, 5.41) is 2.28. The molecule has 0 spiro atoms. The molecule has 0 atom stereocenters. The minimum Gasteiger partial charge on any atom is -0.303 e. The van der Waals surface area contributed by atoms with Crippen LogP contribution in [0.5, 0.6) is 0 Å². The van der Waals surface area contributed by atoms with E-state index < -0.39 is 17.8 Å². The molecule has 156 valence electrons. The smallest absolute Gasteiger partial charge is 0.303 e. The molecule has 0 radical (unpaired) electrons. The highest BCUT2D eigenvalue weighted by atomic mass is 16.2. The van der Waals surface area contributed by atoms with Crippen LogP contribution in [0, 0.1) is 27.7 Å². The number of nitrogens with one attached hydrogen (secondary N) is 1. The summed E-state index contributed by atoms with van der Waals surface area (Å²) < 4.78 is 1.95. The van der Waals surface area contributed by atoms with Crippen LogP contribution in [0.2, 0.25) is 0 Å². The minimum absolute atomic E-state index is 0.0981. The van der Waals surface area contributed by atoms with Crippen molar-refractivity contribution in [2.24, 2.45) is 0 Å². The molecule has 0 bridgehead atoms. The Morgan fingerprint density at radius 3 is 2.39 bits per heavy atom. The van der Waals surface area contributed by atoms with Gasteiger partial charge in [0.25, 0.3) is 11.8 Å². The van der Waals surface area contributed by atoms with E-state index >= 15 is 0 Å². The van der Waals surface area contributed by atoms with Crippen molar-refractivity contribution in [1.29, 1.82) is 0 Å². The van der Waals surface area contributed by atoms with Gasteiger partial charge in [-0.3, -0.25) is 14.9 Å². The Labute approximate surface area is 180 Å². The summed E-state index contributed by atoms with van der Waals surface area (Å²) >= 11 is 0. The van der Waals surface area contributed by atoms with Gasteiger partial charge in [-0.2, -0.15) is 0 Å². The zero-order valence-corrected chi connectivity index (χ0v) is 17.8. The summed E-state index contributed by atoms with van der Waals surface area (Å²) in [6.45, 7) is 7.67. The molecular weight excluding hydrogens is 392 g/mol. The molecule has 0 unspecified atom stereocenters. The van der Waals surface area contributed by atoms with E-state index in [2.05, 4.69) is 10.3 Å². The van der Waals surface area contributed by atoms with E-state index in [1.165, 1.54) is 6.08 Å². The predicted octanol–water partition coefficient (Wildman–Crippen LogP) is 3.77. The van der Waals surface area contributed by atoms with Crippen LogP contribution in [0.4, 0.5) is 10.5 Å². The van der Waals surface area contributed by atoms with E-state index in [0.717, 1.165) is 33.2 Å². The number of pyridine rings is 1. The van der Waals surface area contributed by atoms with Crippen molar-refractivity contribution < 1.29 is 14.4 Å². The Morgan fingerprint density at radius 1 is 0.935 bits per heavy atom. The molecule has 3 aromatic rings. The second kappa shape index (κ2) is 7.68. The topological polar surface area (TPSA) is 84.3 Å². The van der Waals surface area contributed by atoms with Gasteiger partial charge in [0.15, 0.2) is 0 Å². The average molecular weight is 414 g/mol. The van der Waals surface area contributed by atoms with Crippen LogP contribution in [0.3, 0.4) is 0 Å². The molecule has 3 heterocycles. The number of anilines is 1. The number of imide groups is 2. The van der Waals surface area contributed by atoms with Crippen molar-refractivity contribution in [3.05, 3.63) is 82.3 Å². The van der Waals surface area contributed by atoms with Crippen LogP contribution >= 0.6 is 0 Å². The van der Waals surface area contributed by atoms with Crippen LogP contribution in [-0.2, 0) is 9.59 Å². The first-order valence-corrected chi connectivity index (χ1v) is 9.87. The number of aromatic nitrogens is 2. The highest BCUT2D eigenvalue weighted by Gasteiger charge is 2.37. The van der Waals surface area contributed by atoms with Crippen LogP contribution in [0.25, 0.3) is 11.9 Å². The predicted molar refractivity (Wildman–Crippen MR) is 118 cm³/mol. The highest BCUT2D eigenvalue weighted by molar-refractivity contribution is 6.39. The van der Waals surface area contributed by atoms with Gasteiger partial charge in [-0.25, -0.2) is 14.7 Å². The highest BCUT2D eigenvalue weighted by Crippen LogP contribution is 2.26. The van der Waals surface area contributed by atoms with Gasteiger partial charge in [0.05, 0.1) is 5.69 Å². The summed E-state index contributed by atoms with van der Waals surface area (Å²) in [5.74, 6) is -0.620. The number of barbiturate groups is 1. The fraction of sp³-hybridized carbons (Fsp3) is 0.167. The van der Waals surface area contributed by atoms with E-state index in [9.17, 15) is 14.4 Å². The van der Waals surface area contributed by atoms with E-state index in [4.69, 9.17) is 0 Å². The molecule has 1 aliphatic heterocycles. The molecule has 1 saturated heterocycles. The van der Waals surface area contributed by atoms with Crippen LogP contribution in [-0.4, -0.2) is 27.4 Å². The van der Waals surface area contributed by atoms with Gasteiger partial charge in [-0.1, -0.05) is 12.1 Å². The summed E-state index contributed by atoms with van der Waals surface area (Å²) in [6.07, 6.45) is 3.23. The summed E-state index contributed by atoms with van der Waals surface area (Å²) in [6, 6.07) is 12.0. The quantitative estimate of drug-likeness (QED) is 0.522. The van der Waals surface area contributed by atoms with Crippen LogP contribution in [0.1, 0.15) is 28.1 Å².